The van der Waals surface area contributed by atoms with Gasteiger partial charge in [-0.3, -0.25) is 14.4 Å². The normalized spacial score (nSPS) is 29.6. The summed E-state index contributed by atoms with van der Waals surface area (Å²) in [6.07, 6.45) is 2.37. The first-order valence-electron chi connectivity index (χ1n) is 11.3. The average Bonchev–Trinajstić information content (AvgIpc) is 3.22. The maximum absolute atomic E-state index is 11.7. The lowest BCUT2D eigenvalue weighted by Crippen LogP contribution is -2.59. The summed E-state index contributed by atoms with van der Waals surface area (Å²) < 4.78 is 7.71. The largest absolute Gasteiger partial charge is 0.465 e. The summed E-state index contributed by atoms with van der Waals surface area (Å²) in [7, 11) is 0. The van der Waals surface area contributed by atoms with E-state index in [1.807, 2.05) is 6.92 Å². The zero-order valence-corrected chi connectivity index (χ0v) is 19.4. The fourth-order valence-electron chi connectivity index (χ4n) is 5.45. The Bertz CT molecular complexity index is 849. The molecular weight excluding hydrogens is 416 g/mol. The third-order valence-corrected chi connectivity index (χ3v) is 7.06. The summed E-state index contributed by atoms with van der Waals surface area (Å²) >= 11 is 0. The highest BCUT2D eigenvalue weighted by atomic mass is 16.6. The topological polar surface area (TPSA) is 117 Å². The van der Waals surface area contributed by atoms with Crippen molar-refractivity contribution in [2.45, 2.75) is 64.8 Å². The van der Waals surface area contributed by atoms with Crippen molar-refractivity contribution < 1.29 is 19.6 Å². The van der Waals surface area contributed by atoms with Gasteiger partial charge in [0.25, 0.3) is 0 Å². The van der Waals surface area contributed by atoms with Gasteiger partial charge in [0.2, 0.25) is 0 Å². The van der Waals surface area contributed by atoms with Gasteiger partial charge < -0.3 is 24.9 Å². The highest BCUT2D eigenvalue weighted by Crippen LogP contribution is 2.35. The van der Waals surface area contributed by atoms with Crippen molar-refractivity contribution >= 4 is 11.9 Å². The molecule has 0 radical (unpaired) electrons. The van der Waals surface area contributed by atoms with Crippen LogP contribution in [0.2, 0.25) is 0 Å². The third kappa shape index (κ3) is 4.54. The van der Waals surface area contributed by atoms with Crippen molar-refractivity contribution in [1.82, 2.24) is 24.3 Å². The summed E-state index contributed by atoms with van der Waals surface area (Å²) in [6, 6.07) is 0.742. The van der Waals surface area contributed by atoms with E-state index in [0.717, 1.165) is 45.6 Å². The molecule has 0 bridgehead atoms. The molecule has 3 atom stereocenters. The number of amides is 1. The number of rotatable bonds is 4. The molecule has 1 aromatic heterocycles. The van der Waals surface area contributed by atoms with Gasteiger partial charge in [0.1, 0.15) is 11.8 Å². The number of aromatic nitrogens is 2. The number of nitro groups is 1. The number of nitrogens with zero attached hydrogens (tertiary/aromatic N) is 6. The molecule has 2 fully saturated rings. The lowest BCUT2D eigenvalue weighted by atomic mass is 9.79. The smallest absolute Gasteiger partial charge is 0.415 e. The van der Waals surface area contributed by atoms with Crippen LogP contribution in [0.4, 0.5) is 10.6 Å². The van der Waals surface area contributed by atoms with Crippen molar-refractivity contribution in [2.75, 3.05) is 39.3 Å². The Kier molecular flexibility index (Phi) is 5.83. The van der Waals surface area contributed by atoms with Crippen molar-refractivity contribution in [3.63, 3.8) is 0 Å². The summed E-state index contributed by atoms with van der Waals surface area (Å²) in [5.41, 5.74) is -0.545. The Morgan fingerprint density at radius 3 is 2.56 bits per heavy atom. The van der Waals surface area contributed by atoms with Gasteiger partial charge >= 0.3 is 17.9 Å². The van der Waals surface area contributed by atoms with Crippen LogP contribution in [0.25, 0.3) is 0 Å². The van der Waals surface area contributed by atoms with Gasteiger partial charge in [-0.15, -0.1) is 0 Å². The number of piperidine rings is 1. The van der Waals surface area contributed by atoms with Crippen molar-refractivity contribution in [3.05, 3.63) is 16.3 Å². The first-order valence-corrected chi connectivity index (χ1v) is 11.3. The van der Waals surface area contributed by atoms with Crippen LogP contribution < -0.4 is 4.74 Å². The van der Waals surface area contributed by atoms with Crippen molar-refractivity contribution in [3.8, 4) is 6.01 Å². The zero-order chi connectivity index (χ0) is 23.3. The quantitative estimate of drug-likeness (QED) is 0.548. The Morgan fingerprint density at radius 1 is 1.31 bits per heavy atom. The molecule has 1 N–H and O–H groups in total. The van der Waals surface area contributed by atoms with Crippen LogP contribution in [0.1, 0.15) is 40.5 Å². The first-order chi connectivity index (χ1) is 14.9. The molecule has 0 spiro atoms. The lowest BCUT2D eigenvalue weighted by molar-refractivity contribution is -0.389. The molecule has 0 saturated carbocycles. The fourth-order valence-corrected chi connectivity index (χ4v) is 5.45. The molecule has 0 aliphatic carbocycles. The minimum absolute atomic E-state index is 0.0222. The van der Waals surface area contributed by atoms with Gasteiger partial charge in [0.15, 0.2) is 0 Å². The number of carboxylic acid groups (broad SMARTS) is 1. The summed E-state index contributed by atoms with van der Waals surface area (Å²) in [4.78, 5) is 32.6. The average molecular weight is 451 g/mol. The first kappa shape index (κ1) is 22.8. The maximum atomic E-state index is 11.7. The number of carbonyl (C=O) groups is 1. The SMILES string of the molecule is CC1(CN2CCN(C3CCN(C(=O)O)C(C(C)(C)C)C3)CC2)Cn2cc([N+](=O)[O-])nc2O1. The number of hydrogen-bond donors (Lipinski definition) is 1. The molecule has 4 heterocycles. The van der Waals surface area contributed by atoms with E-state index in [4.69, 9.17) is 4.74 Å². The molecule has 3 aliphatic heterocycles. The molecular formula is C21H34N6O5. The molecule has 11 heteroatoms. The van der Waals surface area contributed by atoms with Crippen LogP contribution in [0, 0.1) is 15.5 Å². The highest BCUT2D eigenvalue weighted by molar-refractivity contribution is 5.65. The van der Waals surface area contributed by atoms with E-state index in [-0.39, 0.29) is 17.3 Å². The van der Waals surface area contributed by atoms with E-state index in [9.17, 15) is 20.0 Å². The van der Waals surface area contributed by atoms with Gasteiger partial charge in [-0.05, 0) is 30.1 Å². The van der Waals surface area contributed by atoms with Crippen molar-refractivity contribution in [2.24, 2.45) is 5.41 Å². The Labute approximate surface area is 188 Å². The van der Waals surface area contributed by atoms with Crippen molar-refractivity contribution in [1.29, 1.82) is 0 Å². The van der Waals surface area contributed by atoms with E-state index in [2.05, 4.69) is 35.6 Å². The second kappa shape index (κ2) is 8.18. The van der Waals surface area contributed by atoms with Gasteiger partial charge in [-0.2, -0.15) is 0 Å². The minimum atomic E-state index is -0.816. The highest BCUT2D eigenvalue weighted by Gasteiger charge is 2.43. The number of fused-ring (bicyclic) bond motifs is 1. The van der Waals surface area contributed by atoms with Crippen LogP contribution in [-0.4, -0.2) is 97.3 Å². The molecule has 11 nitrogen and oxygen atoms in total. The van der Waals surface area contributed by atoms with Crippen LogP contribution in [0.5, 0.6) is 6.01 Å². The van der Waals surface area contributed by atoms with Gasteiger partial charge in [0.05, 0.1) is 6.54 Å². The Morgan fingerprint density at radius 2 is 2.00 bits per heavy atom. The summed E-state index contributed by atoms with van der Waals surface area (Å²) in [5.74, 6) is -0.182. The van der Waals surface area contributed by atoms with Crippen LogP contribution >= 0.6 is 0 Å². The molecule has 3 unspecified atom stereocenters. The number of piperazine rings is 1. The standard InChI is InChI=1S/C21H34N6O5/c1-20(2,3)16-11-15(5-6-26(16)19(28)29)24-9-7-23(8-10-24)13-21(4)14-25-12-17(27(30)31)22-18(25)32-21/h12,15-16H,5-11,13-14H2,1-4H3,(H,28,29). The van der Waals surface area contributed by atoms with E-state index in [0.29, 0.717) is 25.1 Å². The second-order valence-corrected chi connectivity index (χ2v) is 10.7. The molecule has 1 aromatic rings. The van der Waals surface area contributed by atoms with E-state index >= 15 is 0 Å². The molecule has 2 saturated heterocycles. The van der Waals surface area contributed by atoms with E-state index in [1.165, 1.54) is 6.20 Å². The Hall–Kier alpha value is -2.40. The maximum Gasteiger partial charge on any atom is 0.415 e. The fraction of sp³-hybridized carbons (Fsp3) is 0.810. The zero-order valence-electron chi connectivity index (χ0n) is 19.4. The minimum Gasteiger partial charge on any atom is -0.465 e. The lowest BCUT2D eigenvalue weighted by Gasteiger charge is -2.49. The molecule has 4 rings (SSSR count). The van der Waals surface area contributed by atoms with Gasteiger partial charge in [-0.1, -0.05) is 20.8 Å². The van der Waals surface area contributed by atoms with Crippen LogP contribution in [-0.2, 0) is 6.54 Å². The molecule has 3 aliphatic rings. The van der Waals surface area contributed by atoms with Crippen LogP contribution in [0.3, 0.4) is 0 Å². The molecule has 178 valence electrons. The van der Waals surface area contributed by atoms with Gasteiger partial charge in [0, 0.05) is 56.3 Å². The predicted octanol–water partition coefficient (Wildman–Crippen LogP) is 2.12. The molecule has 0 aromatic carbocycles. The third-order valence-electron chi connectivity index (χ3n) is 7.06. The molecule has 1 amide bonds. The summed E-state index contributed by atoms with van der Waals surface area (Å²) in [5, 5.41) is 20.5. The molecule has 32 heavy (non-hydrogen) atoms. The number of hydrogen-bond acceptors (Lipinski definition) is 7. The van der Waals surface area contributed by atoms with Gasteiger partial charge in [-0.25, -0.2) is 4.79 Å². The number of likely N-dealkylation sites (tertiary alicyclic amines) is 1. The number of imidazole rings is 1. The van der Waals surface area contributed by atoms with E-state index < -0.39 is 16.6 Å². The monoisotopic (exact) mass is 450 g/mol. The number of ether oxygens (including phenoxy) is 1. The Balaban J connectivity index is 1.30. The summed E-state index contributed by atoms with van der Waals surface area (Å²) in [6.45, 7) is 14.0. The van der Waals surface area contributed by atoms with Crippen LogP contribution in [0.15, 0.2) is 6.20 Å². The van der Waals surface area contributed by atoms with E-state index in [1.54, 1.807) is 9.47 Å². The second-order valence-electron chi connectivity index (χ2n) is 10.7. The predicted molar refractivity (Wildman–Crippen MR) is 117 cm³/mol.